The number of aromatic nitrogens is 2. The SMILES string of the molecule is CCCn1cc(CN2CCCCC2CCN)cn1. The lowest BCUT2D eigenvalue weighted by Gasteiger charge is -2.35. The van der Waals surface area contributed by atoms with Crippen molar-refractivity contribution in [2.24, 2.45) is 5.73 Å². The van der Waals surface area contributed by atoms with Gasteiger partial charge in [0.25, 0.3) is 0 Å². The summed E-state index contributed by atoms with van der Waals surface area (Å²) in [6.07, 6.45) is 10.5. The molecule has 102 valence electrons. The Labute approximate surface area is 110 Å². The van der Waals surface area contributed by atoms with Crippen molar-refractivity contribution in [3.63, 3.8) is 0 Å². The molecule has 4 heteroatoms. The Morgan fingerprint density at radius 3 is 3.11 bits per heavy atom. The number of hydrogen-bond acceptors (Lipinski definition) is 3. The van der Waals surface area contributed by atoms with Crippen LogP contribution in [0, 0.1) is 0 Å². The summed E-state index contributed by atoms with van der Waals surface area (Å²) in [6, 6.07) is 0.679. The highest BCUT2D eigenvalue weighted by molar-refractivity contribution is 5.04. The van der Waals surface area contributed by atoms with Gasteiger partial charge in [0.15, 0.2) is 0 Å². The minimum absolute atomic E-state index is 0.679. The molecule has 0 aliphatic carbocycles. The first-order valence-corrected chi connectivity index (χ1v) is 7.29. The molecule has 1 unspecified atom stereocenters. The lowest BCUT2D eigenvalue weighted by Crippen LogP contribution is -2.40. The molecule has 1 fully saturated rings. The van der Waals surface area contributed by atoms with Crippen molar-refractivity contribution < 1.29 is 0 Å². The molecular weight excluding hydrogens is 224 g/mol. The summed E-state index contributed by atoms with van der Waals surface area (Å²) >= 11 is 0. The first-order valence-electron chi connectivity index (χ1n) is 7.29. The molecule has 2 rings (SSSR count). The average Bonchev–Trinajstić information content (AvgIpc) is 2.80. The van der Waals surface area contributed by atoms with Crippen molar-refractivity contribution in [1.82, 2.24) is 14.7 Å². The quantitative estimate of drug-likeness (QED) is 0.840. The molecule has 1 saturated heterocycles. The van der Waals surface area contributed by atoms with E-state index in [9.17, 15) is 0 Å². The van der Waals surface area contributed by atoms with Gasteiger partial charge in [-0.05, 0) is 38.8 Å². The van der Waals surface area contributed by atoms with Crippen molar-refractivity contribution in [3.05, 3.63) is 18.0 Å². The molecule has 0 radical (unpaired) electrons. The molecule has 0 bridgehead atoms. The summed E-state index contributed by atoms with van der Waals surface area (Å²) < 4.78 is 2.05. The van der Waals surface area contributed by atoms with Crippen LogP contribution in [-0.2, 0) is 13.1 Å². The molecule has 4 nitrogen and oxygen atoms in total. The van der Waals surface area contributed by atoms with Crippen molar-refractivity contribution in [2.75, 3.05) is 13.1 Å². The zero-order chi connectivity index (χ0) is 12.8. The van der Waals surface area contributed by atoms with E-state index in [1.54, 1.807) is 0 Å². The number of aryl methyl sites for hydroxylation is 1. The second-order valence-corrected chi connectivity index (χ2v) is 5.31. The fourth-order valence-electron chi connectivity index (χ4n) is 2.86. The van der Waals surface area contributed by atoms with Gasteiger partial charge in [0, 0.05) is 30.9 Å². The molecule has 0 saturated carbocycles. The summed E-state index contributed by atoms with van der Waals surface area (Å²) in [5.74, 6) is 0. The summed E-state index contributed by atoms with van der Waals surface area (Å²) in [5, 5.41) is 4.41. The van der Waals surface area contributed by atoms with Crippen molar-refractivity contribution in [1.29, 1.82) is 0 Å². The van der Waals surface area contributed by atoms with Crippen LogP contribution >= 0.6 is 0 Å². The van der Waals surface area contributed by atoms with E-state index in [1.807, 2.05) is 6.20 Å². The number of rotatable bonds is 6. The van der Waals surface area contributed by atoms with Gasteiger partial charge in [0.05, 0.1) is 6.20 Å². The van der Waals surface area contributed by atoms with E-state index in [2.05, 4.69) is 27.8 Å². The van der Waals surface area contributed by atoms with E-state index in [0.717, 1.165) is 32.5 Å². The highest BCUT2D eigenvalue weighted by Gasteiger charge is 2.21. The number of piperidine rings is 1. The summed E-state index contributed by atoms with van der Waals surface area (Å²) in [7, 11) is 0. The normalized spacial score (nSPS) is 21.3. The van der Waals surface area contributed by atoms with Crippen molar-refractivity contribution in [2.45, 2.75) is 58.2 Å². The third kappa shape index (κ3) is 3.56. The van der Waals surface area contributed by atoms with Crippen molar-refractivity contribution >= 4 is 0 Å². The lowest BCUT2D eigenvalue weighted by atomic mass is 9.99. The number of likely N-dealkylation sites (tertiary alicyclic amines) is 1. The molecule has 0 amide bonds. The average molecular weight is 250 g/mol. The minimum Gasteiger partial charge on any atom is -0.330 e. The fourth-order valence-corrected chi connectivity index (χ4v) is 2.86. The van der Waals surface area contributed by atoms with Crippen LogP contribution in [-0.4, -0.2) is 33.8 Å². The molecule has 1 aliphatic heterocycles. The van der Waals surface area contributed by atoms with E-state index in [4.69, 9.17) is 5.73 Å². The Kier molecular flexibility index (Phi) is 5.20. The molecule has 0 aromatic carbocycles. The Morgan fingerprint density at radius 1 is 1.44 bits per heavy atom. The maximum atomic E-state index is 5.72. The smallest absolute Gasteiger partial charge is 0.0534 e. The van der Waals surface area contributed by atoms with E-state index >= 15 is 0 Å². The van der Waals surface area contributed by atoms with Crippen LogP contribution in [0.3, 0.4) is 0 Å². The van der Waals surface area contributed by atoms with Gasteiger partial charge in [-0.25, -0.2) is 0 Å². The Balaban J connectivity index is 1.92. The van der Waals surface area contributed by atoms with Gasteiger partial charge < -0.3 is 5.73 Å². The zero-order valence-corrected chi connectivity index (χ0v) is 11.5. The fraction of sp³-hybridized carbons (Fsp3) is 0.786. The van der Waals surface area contributed by atoms with Crippen LogP contribution in [0.2, 0.25) is 0 Å². The Hall–Kier alpha value is -0.870. The summed E-state index contributed by atoms with van der Waals surface area (Å²) in [4.78, 5) is 2.59. The van der Waals surface area contributed by atoms with Gasteiger partial charge in [-0.15, -0.1) is 0 Å². The Bertz CT molecular complexity index is 345. The molecule has 1 aliphatic rings. The van der Waals surface area contributed by atoms with Crippen LogP contribution in [0.15, 0.2) is 12.4 Å². The minimum atomic E-state index is 0.679. The van der Waals surface area contributed by atoms with Crippen LogP contribution in [0.4, 0.5) is 0 Å². The maximum absolute atomic E-state index is 5.72. The van der Waals surface area contributed by atoms with E-state index in [-0.39, 0.29) is 0 Å². The molecule has 18 heavy (non-hydrogen) atoms. The summed E-state index contributed by atoms with van der Waals surface area (Å²) in [6.45, 7) is 6.25. The topological polar surface area (TPSA) is 47.1 Å². The first kappa shape index (κ1) is 13.6. The third-order valence-corrected chi connectivity index (χ3v) is 3.77. The molecule has 1 atom stereocenters. The van der Waals surface area contributed by atoms with E-state index in [1.165, 1.54) is 31.4 Å². The number of nitrogens with zero attached hydrogens (tertiary/aromatic N) is 3. The maximum Gasteiger partial charge on any atom is 0.0534 e. The van der Waals surface area contributed by atoms with Crippen LogP contribution in [0.1, 0.15) is 44.6 Å². The first-order chi connectivity index (χ1) is 8.83. The summed E-state index contributed by atoms with van der Waals surface area (Å²) in [5.41, 5.74) is 7.06. The van der Waals surface area contributed by atoms with Gasteiger partial charge in [0.2, 0.25) is 0 Å². The van der Waals surface area contributed by atoms with Crippen molar-refractivity contribution in [3.8, 4) is 0 Å². The standard InChI is InChI=1S/C14H26N4/c1-2-8-18-12-13(10-16-18)11-17-9-4-3-5-14(17)6-7-15/h10,12,14H,2-9,11,15H2,1H3. The Morgan fingerprint density at radius 2 is 2.33 bits per heavy atom. The van der Waals surface area contributed by atoms with Crippen LogP contribution in [0.5, 0.6) is 0 Å². The molecule has 2 heterocycles. The van der Waals surface area contributed by atoms with E-state index in [0.29, 0.717) is 6.04 Å². The lowest BCUT2D eigenvalue weighted by molar-refractivity contribution is 0.134. The molecule has 0 spiro atoms. The van der Waals surface area contributed by atoms with Gasteiger partial charge in [-0.1, -0.05) is 13.3 Å². The molecule has 2 N–H and O–H groups in total. The molecule has 1 aromatic heterocycles. The number of hydrogen-bond donors (Lipinski definition) is 1. The largest absolute Gasteiger partial charge is 0.330 e. The van der Waals surface area contributed by atoms with Gasteiger partial charge >= 0.3 is 0 Å². The van der Waals surface area contributed by atoms with Gasteiger partial charge in [0.1, 0.15) is 0 Å². The number of nitrogens with two attached hydrogens (primary N) is 1. The molecule has 1 aromatic rings. The zero-order valence-electron chi connectivity index (χ0n) is 11.5. The highest BCUT2D eigenvalue weighted by atomic mass is 15.3. The highest BCUT2D eigenvalue weighted by Crippen LogP contribution is 2.21. The predicted molar refractivity (Wildman–Crippen MR) is 74.2 cm³/mol. The van der Waals surface area contributed by atoms with E-state index < -0.39 is 0 Å². The van der Waals surface area contributed by atoms with Crippen LogP contribution < -0.4 is 5.73 Å². The van der Waals surface area contributed by atoms with Crippen LogP contribution in [0.25, 0.3) is 0 Å². The molecular formula is C14H26N4. The second-order valence-electron chi connectivity index (χ2n) is 5.31. The monoisotopic (exact) mass is 250 g/mol. The van der Waals surface area contributed by atoms with Gasteiger partial charge in [-0.3, -0.25) is 9.58 Å². The third-order valence-electron chi connectivity index (χ3n) is 3.77. The van der Waals surface area contributed by atoms with Gasteiger partial charge in [-0.2, -0.15) is 5.10 Å². The predicted octanol–water partition coefficient (Wildman–Crippen LogP) is 2.00. The second kappa shape index (κ2) is 6.90.